The number of thioether (sulfide) groups is 1. The van der Waals surface area contributed by atoms with Crippen LogP contribution in [0.1, 0.15) is 52.9 Å². The van der Waals surface area contributed by atoms with Crippen molar-refractivity contribution in [1.82, 2.24) is 10.2 Å². The van der Waals surface area contributed by atoms with Crippen molar-refractivity contribution in [2.45, 2.75) is 70.3 Å². The zero-order valence-electron chi connectivity index (χ0n) is 12.6. The number of amides is 2. The minimum Gasteiger partial charge on any atom is -0.480 e. The van der Waals surface area contributed by atoms with E-state index in [1.165, 1.54) is 16.7 Å². The lowest BCUT2D eigenvalue weighted by Gasteiger charge is -2.28. The maximum Gasteiger partial charge on any atom is 0.327 e. The Hall–Kier alpha value is -0.910. The Labute approximate surface area is 125 Å². The second-order valence-corrected chi connectivity index (χ2v) is 6.62. The molecule has 0 saturated carbocycles. The van der Waals surface area contributed by atoms with Crippen LogP contribution in [0.5, 0.6) is 0 Å². The molecule has 0 bridgehead atoms. The fourth-order valence-corrected chi connectivity index (χ4v) is 3.65. The van der Waals surface area contributed by atoms with E-state index in [1.807, 2.05) is 6.92 Å². The van der Waals surface area contributed by atoms with Gasteiger partial charge in [-0.3, -0.25) is 4.90 Å². The van der Waals surface area contributed by atoms with Crippen LogP contribution in [0.25, 0.3) is 0 Å². The summed E-state index contributed by atoms with van der Waals surface area (Å²) in [4.78, 5) is 25.0. The van der Waals surface area contributed by atoms with E-state index in [2.05, 4.69) is 19.2 Å². The lowest BCUT2D eigenvalue weighted by molar-refractivity contribution is -0.141. The van der Waals surface area contributed by atoms with E-state index in [-0.39, 0.29) is 17.4 Å². The third-order valence-corrected chi connectivity index (χ3v) is 4.83. The minimum absolute atomic E-state index is 0.0791. The first-order chi connectivity index (χ1) is 9.51. The van der Waals surface area contributed by atoms with E-state index in [0.29, 0.717) is 5.75 Å². The average Bonchev–Trinajstić information content (AvgIpc) is 2.78. The van der Waals surface area contributed by atoms with Crippen molar-refractivity contribution in [3.63, 3.8) is 0 Å². The number of carbonyl (C=O) groups excluding carboxylic acids is 1. The van der Waals surface area contributed by atoms with Crippen LogP contribution in [0, 0.1) is 0 Å². The molecule has 0 radical (unpaired) electrons. The summed E-state index contributed by atoms with van der Waals surface area (Å²) >= 11 is 1.51. The van der Waals surface area contributed by atoms with E-state index in [9.17, 15) is 14.7 Å². The average molecular weight is 302 g/mol. The topological polar surface area (TPSA) is 69.6 Å². The molecule has 0 aromatic rings. The number of urea groups is 1. The third-order valence-electron chi connectivity index (χ3n) is 3.61. The lowest BCUT2D eigenvalue weighted by atomic mass is 10.1. The summed E-state index contributed by atoms with van der Waals surface area (Å²) in [6.07, 6.45) is 5.10. The van der Waals surface area contributed by atoms with Gasteiger partial charge in [0.05, 0.1) is 5.37 Å². The molecule has 1 aliphatic rings. The number of nitrogens with zero attached hydrogens (tertiary/aromatic N) is 1. The van der Waals surface area contributed by atoms with Gasteiger partial charge in [-0.15, -0.1) is 11.8 Å². The van der Waals surface area contributed by atoms with Gasteiger partial charge >= 0.3 is 12.0 Å². The van der Waals surface area contributed by atoms with Crippen molar-refractivity contribution < 1.29 is 14.7 Å². The molecule has 1 rings (SSSR count). The molecule has 2 N–H and O–H groups in total. The zero-order chi connectivity index (χ0) is 15.1. The zero-order valence-corrected chi connectivity index (χ0v) is 13.4. The van der Waals surface area contributed by atoms with Crippen LogP contribution in [-0.2, 0) is 4.79 Å². The molecule has 0 aromatic carbocycles. The standard InChI is InChI=1S/C14H26N2O3S/c1-4-6-8-11(7-5-2)15-14(19)16-10(3)20-9-12(16)13(17)18/h10-12H,4-9H2,1-3H3,(H,15,19)(H,17,18). The van der Waals surface area contributed by atoms with Crippen molar-refractivity contribution in [2.75, 3.05) is 5.75 Å². The fourth-order valence-electron chi connectivity index (χ4n) is 2.48. The molecule has 3 atom stereocenters. The number of carboxylic acid groups (broad SMARTS) is 1. The van der Waals surface area contributed by atoms with E-state index in [1.54, 1.807) is 0 Å². The van der Waals surface area contributed by atoms with Gasteiger partial charge in [0.15, 0.2) is 0 Å². The molecule has 0 aliphatic carbocycles. The van der Waals surface area contributed by atoms with Crippen LogP contribution in [0.3, 0.4) is 0 Å². The second kappa shape index (κ2) is 8.39. The van der Waals surface area contributed by atoms with E-state index in [0.717, 1.165) is 32.1 Å². The SMILES string of the molecule is CCCCC(CCC)NC(=O)N1C(C)SCC1C(=O)O. The predicted molar refractivity (Wildman–Crippen MR) is 81.9 cm³/mol. The van der Waals surface area contributed by atoms with Crippen molar-refractivity contribution >= 4 is 23.8 Å². The Kier molecular flexibility index (Phi) is 7.19. The number of carbonyl (C=O) groups is 2. The summed E-state index contributed by atoms with van der Waals surface area (Å²) in [5.74, 6) is -0.449. The summed E-state index contributed by atoms with van der Waals surface area (Å²) in [7, 11) is 0. The van der Waals surface area contributed by atoms with Crippen LogP contribution in [0.15, 0.2) is 0 Å². The van der Waals surface area contributed by atoms with Crippen LogP contribution in [-0.4, -0.2) is 45.2 Å². The van der Waals surface area contributed by atoms with Gasteiger partial charge in [0.2, 0.25) is 0 Å². The van der Waals surface area contributed by atoms with Gasteiger partial charge in [0, 0.05) is 11.8 Å². The predicted octanol–water partition coefficient (Wildman–Crippen LogP) is 2.90. The second-order valence-electron chi connectivity index (χ2n) is 5.27. The quantitative estimate of drug-likeness (QED) is 0.758. The summed E-state index contributed by atoms with van der Waals surface area (Å²) in [6, 6.07) is -0.785. The summed E-state index contributed by atoms with van der Waals surface area (Å²) in [6.45, 7) is 6.11. The van der Waals surface area contributed by atoms with Gasteiger partial charge in [-0.2, -0.15) is 0 Å². The molecule has 2 amide bonds. The maximum atomic E-state index is 12.4. The first-order valence-electron chi connectivity index (χ1n) is 7.44. The molecule has 0 spiro atoms. The van der Waals surface area contributed by atoms with Crippen LogP contribution < -0.4 is 5.32 Å². The number of nitrogens with one attached hydrogen (secondary N) is 1. The Bertz CT molecular complexity index is 338. The smallest absolute Gasteiger partial charge is 0.327 e. The van der Waals surface area contributed by atoms with Crippen LogP contribution in [0.4, 0.5) is 4.79 Å². The first kappa shape index (κ1) is 17.1. The maximum absolute atomic E-state index is 12.4. The largest absolute Gasteiger partial charge is 0.480 e. The highest BCUT2D eigenvalue weighted by Crippen LogP contribution is 2.28. The highest BCUT2D eigenvalue weighted by molar-refractivity contribution is 8.00. The van der Waals surface area contributed by atoms with Crippen molar-refractivity contribution in [3.8, 4) is 0 Å². The van der Waals surface area contributed by atoms with Crippen LogP contribution in [0.2, 0.25) is 0 Å². The first-order valence-corrected chi connectivity index (χ1v) is 8.49. The van der Waals surface area contributed by atoms with Gasteiger partial charge < -0.3 is 10.4 Å². The normalized spacial score (nSPS) is 23.6. The molecular weight excluding hydrogens is 276 g/mol. The molecule has 1 heterocycles. The van der Waals surface area contributed by atoms with Gasteiger partial charge in [-0.1, -0.05) is 33.1 Å². The van der Waals surface area contributed by atoms with Gasteiger partial charge in [-0.05, 0) is 19.8 Å². The van der Waals surface area contributed by atoms with Crippen molar-refractivity contribution in [3.05, 3.63) is 0 Å². The molecule has 3 unspecified atom stereocenters. The highest BCUT2D eigenvalue weighted by atomic mass is 32.2. The van der Waals surface area contributed by atoms with E-state index < -0.39 is 12.0 Å². The third kappa shape index (κ3) is 4.58. The minimum atomic E-state index is -0.919. The van der Waals surface area contributed by atoms with Gasteiger partial charge in [0.25, 0.3) is 0 Å². The number of aliphatic carboxylic acids is 1. The molecule has 1 aliphatic heterocycles. The lowest BCUT2D eigenvalue weighted by Crippen LogP contribution is -2.51. The number of hydrogen-bond donors (Lipinski definition) is 2. The fraction of sp³-hybridized carbons (Fsp3) is 0.857. The monoisotopic (exact) mass is 302 g/mol. The van der Waals surface area contributed by atoms with Crippen LogP contribution >= 0.6 is 11.8 Å². The Morgan fingerprint density at radius 1 is 1.35 bits per heavy atom. The molecular formula is C14H26N2O3S. The van der Waals surface area contributed by atoms with E-state index in [4.69, 9.17) is 0 Å². The number of rotatable bonds is 7. The van der Waals surface area contributed by atoms with E-state index >= 15 is 0 Å². The van der Waals surface area contributed by atoms with Crippen molar-refractivity contribution in [2.24, 2.45) is 0 Å². The van der Waals surface area contributed by atoms with Gasteiger partial charge in [0.1, 0.15) is 6.04 Å². The Morgan fingerprint density at radius 3 is 2.60 bits per heavy atom. The summed E-state index contributed by atoms with van der Waals surface area (Å²) in [5.41, 5.74) is 0. The summed E-state index contributed by atoms with van der Waals surface area (Å²) < 4.78 is 0. The van der Waals surface area contributed by atoms with Crippen molar-refractivity contribution in [1.29, 1.82) is 0 Å². The molecule has 6 heteroatoms. The molecule has 1 saturated heterocycles. The highest BCUT2D eigenvalue weighted by Gasteiger charge is 2.39. The Morgan fingerprint density at radius 2 is 2.05 bits per heavy atom. The summed E-state index contributed by atoms with van der Waals surface area (Å²) in [5, 5.41) is 12.1. The number of carboxylic acids is 1. The molecule has 1 fully saturated rings. The molecule has 20 heavy (non-hydrogen) atoms. The van der Waals surface area contributed by atoms with Gasteiger partial charge in [-0.25, -0.2) is 9.59 Å². The molecule has 0 aromatic heterocycles. The Balaban J connectivity index is 2.63. The molecule has 5 nitrogen and oxygen atoms in total. The number of hydrogen-bond acceptors (Lipinski definition) is 3. The number of unbranched alkanes of at least 4 members (excludes halogenated alkanes) is 1. The molecule has 116 valence electrons.